The van der Waals surface area contributed by atoms with Gasteiger partial charge in [-0.15, -0.1) is 0 Å². The van der Waals surface area contributed by atoms with Crippen molar-refractivity contribution in [3.8, 4) is 17.2 Å². The Balaban J connectivity index is 1.80. The SMILES string of the molecule is COc1ccc(/C=C/C(=O)c2ccccc2OC(=O)c2cccc(C)c2)cc1OC. The number of allylic oxidation sites excluding steroid dienone is 1. The molecule has 0 heterocycles. The monoisotopic (exact) mass is 402 g/mol. The van der Waals surface area contributed by atoms with Gasteiger partial charge in [-0.1, -0.05) is 42.0 Å². The van der Waals surface area contributed by atoms with Crippen LogP contribution in [0.5, 0.6) is 17.2 Å². The third-order valence-electron chi connectivity index (χ3n) is 4.44. The number of carbonyl (C=O) groups is 2. The molecule has 30 heavy (non-hydrogen) atoms. The van der Waals surface area contributed by atoms with Gasteiger partial charge in [-0.2, -0.15) is 0 Å². The highest BCUT2D eigenvalue weighted by Gasteiger charge is 2.15. The highest BCUT2D eigenvalue weighted by Crippen LogP contribution is 2.28. The predicted octanol–water partition coefficient (Wildman–Crippen LogP) is 5.13. The minimum absolute atomic E-state index is 0.214. The van der Waals surface area contributed by atoms with Crippen molar-refractivity contribution in [2.24, 2.45) is 0 Å². The topological polar surface area (TPSA) is 61.8 Å². The molecule has 0 bridgehead atoms. The first kappa shape index (κ1) is 20.9. The van der Waals surface area contributed by atoms with Gasteiger partial charge in [0, 0.05) is 0 Å². The van der Waals surface area contributed by atoms with E-state index in [-0.39, 0.29) is 11.5 Å². The zero-order valence-electron chi connectivity index (χ0n) is 17.0. The number of ether oxygens (including phenoxy) is 3. The van der Waals surface area contributed by atoms with Crippen molar-refractivity contribution in [2.75, 3.05) is 14.2 Å². The maximum absolute atomic E-state index is 12.8. The van der Waals surface area contributed by atoms with Crippen LogP contribution in [-0.2, 0) is 0 Å². The number of aryl methyl sites for hydroxylation is 1. The molecule has 0 N–H and O–H groups in total. The number of methoxy groups -OCH3 is 2. The fourth-order valence-electron chi connectivity index (χ4n) is 2.91. The van der Waals surface area contributed by atoms with Gasteiger partial charge < -0.3 is 14.2 Å². The van der Waals surface area contributed by atoms with Crippen LogP contribution in [0.4, 0.5) is 0 Å². The van der Waals surface area contributed by atoms with Crippen molar-refractivity contribution >= 4 is 17.8 Å². The molecule has 152 valence electrons. The summed E-state index contributed by atoms with van der Waals surface area (Å²) in [7, 11) is 3.11. The summed E-state index contributed by atoms with van der Waals surface area (Å²) in [6.45, 7) is 1.90. The fourth-order valence-corrected chi connectivity index (χ4v) is 2.91. The average molecular weight is 402 g/mol. The van der Waals surface area contributed by atoms with Crippen molar-refractivity contribution in [3.05, 3.63) is 95.1 Å². The van der Waals surface area contributed by atoms with Gasteiger partial charge in [0.1, 0.15) is 5.75 Å². The Morgan fingerprint density at radius 2 is 1.57 bits per heavy atom. The lowest BCUT2D eigenvalue weighted by Gasteiger charge is -2.09. The molecule has 3 aromatic carbocycles. The number of hydrogen-bond acceptors (Lipinski definition) is 5. The summed E-state index contributed by atoms with van der Waals surface area (Å²) >= 11 is 0. The molecule has 3 aromatic rings. The van der Waals surface area contributed by atoms with E-state index in [2.05, 4.69) is 0 Å². The van der Waals surface area contributed by atoms with Crippen molar-refractivity contribution in [1.29, 1.82) is 0 Å². The molecule has 0 aromatic heterocycles. The molecule has 0 radical (unpaired) electrons. The maximum Gasteiger partial charge on any atom is 0.343 e. The van der Waals surface area contributed by atoms with Crippen molar-refractivity contribution in [2.45, 2.75) is 6.92 Å². The molecule has 3 rings (SSSR count). The van der Waals surface area contributed by atoms with E-state index < -0.39 is 5.97 Å². The van der Waals surface area contributed by atoms with Crippen LogP contribution in [0, 0.1) is 6.92 Å². The molecular weight excluding hydrogens is 380 g/mol. The van der Waals surface area contributed by atoms with Crippen molar-refractivity contribution in [1.82, 2.24) is 0 Å². The van der Waals surface area contributed by atoms with Crippen LogP contribution >= 0.6 is 0 Å². The molecule has 0 aliphatic rings. The van der Waals surface area contributed by atoms with E-state index in [4.69, 9.17) is 14.2 Å². The Hall–Kier alpha value is -3.86. The van der Waals surface area contributed by atoms with Gasteiger partial charge in [-0.3, -0.25) is 4.79 Å². The summed E-state index contributed by atoms with van der Waals surface area (Å²) in [4.78, 5) is 25.2. The molecule has 0 fully saturated rings. The van der Waals surface area contributed by atoms with E-state index >= 15 is 0 Å². The normalized spacial score (nSPS) is 10.6. The van der Waals surface area contributed by atoms with E-state index in [1.54, 1.807) is 74.9 Å². The second-order valence-corrected chi connectivity index (χ2v) is 6.57. The Morgan fingerprint density at radius 1 is 0.800 bits per heavy atom. The molecule has 5 nitrogen and oxygen atoms in total. The second kappa shape index (κ2) is 9.56. The zero-order valence-corrected chi connectivity index (χ0v) is 17.0. The van der Waals surface area contributed by atoms with E-state index in [0.29, 0.717) is 22.6 Å². The number of benzene rings is 3. The standard InChI is InChI=1S/C25H22O5/c1-17-7-6-8-19(15-17)25(27)30-22-10-5-4-9-20(22)21(26)13-11-18-12-14-23(28-2)24(16-18)29-3/h4-16H,1-3H3/b13-11+. The Morgan fingerprint density at radius 3 is 2.30 bits per heavy atom. The van der Waals surface area contributed by atoms with Gasteiger partial charge in [0.25, 0.3) is 0 Å². The first-order chi connectivity index (χ1) is 14.5. The first-order valence-electron chi connectivity index (χ1n) is 9.34. The number of esters is 1. The van der Waals surface area contributed by atoms with Gasteiger partial charge in [0.2, 0.25) is 0 Å². The first-order valence-corrected chi connectivity index (χ1v) is 9.34. The van der Waals surface area contributed by atoms with Crippen LogP contribution < -0.4 is 14.2 Å². The summed E-state index contributed by atoms with van der Waals surface area (Å²) in [5.74, 6) is 0.597. The molecule has 0 aliphatic carbocycles. The summed E-state index contributed by atoms with van der Waals surface area (Å²) in [6.07, 6.45) is 3.10. The van der Waals surface area contributed by atoms with E-state index in [1.807, 2.05) is 19.1 Å². The van der Waals surface area contributed by atoms with Crippen molar-refractivity contribution < 1.29 is 23.8 Å². The van der Waals surface area contributed by atoms with Crippen LogP contribution in [-0.4, -0.2) is 26.0 Å². The van der Waals surface area contributed by atoms with Gasteiger partial charge >= 0.3 is 5.97 Å². The van der Waals surface area contributed by atoms with Crippen molar-refractivity contribution in [3.63, 3.8) is 0 Å². The van der Waals surface area contributed by atoms with Crippen LogP contribution in [0.1, 0.15) is 31.8 Å². The van der Waals surface area contributed by atoms with Gasteiger partial charge in [-0.05, 0) is 55.0 Å². The lowest BCUT2D eigenvalue weighted by molar-refractivity contribution is 0.0733. The van der Waals surface area contributed by atoms with Crippen LogP contribution in [0.2, 0.25) is 0 Å². The molecule has 0 amide bonds. The smallest absolute Gasteiger partial charge is 0.343 e. The summed E-state index contributed by atoms with van der Waals surface area (Å²) in [6, 6.07) is 19.1. The minimum Gasteiger partial charge on any atom is -0.493 e. The number of hydrogen-bond donors (Lipinski definition) is 0. The van der Waals surface area contributed by atoms with Crippen LogP contribution in [0.25, 0.3) is 6.08 Å². The van der Waals surface area contributed by atoms with E-state index in [1.165, 1.54) is 6.08 Å². The third kappa shape index (κ3) is 4.94. The molecule has 5 heteroatoms. The molecule has 0 aliphatic heterocycles. The molecule has 0 atom stereocenters. The average Bonchev–Trinajstić information content (AvgIpc) is 2.77. The Labute approximate surface area is 175 Å². The summed E-state index contributed by atoms with van der Waals surface area (Å²) in [5.41, 5.74) is 2.45. The van der Waals surface area contributed by atoms with Gasteiger partial charge in [-0.25, -0.2) is 4.79 Å². The number of ketones is 1. The fraction of sp³-hybridized carbons (Fsp3) is 0.120. The number of carbonyl (C=O) groups excluding carboxylic acids is 2. The molecule has 0 saturated carbocycles. The summed E-state index contributed by atoms with van der Waals surface area (Å²) < 4.78 is 16.0. The lowest BCUT2D eigenvalue weighted by atomic mass is 10.1. The quantitative estimate of drug-likeness (QED) is 0.237. The molecule has 0 spiro atoms. The molecule has 0 unspecified atom stereocenters. The van der Waals surface area contributed by atoms with Crippen LogP contribution in [0.3, 0.4) is 0 Å². The Kier molecular flexibility index (Phi) is 6.65. The molecule has 0 saturated heterocycles. The largest absolute Gasteiger partial charge is 0.493 e. The zero-order chi connectivity index (χ0) is 21.5. The maximum atomic E-state index is 12.8. The van der Waals surface area contributed by atoms with Gasteiger partial charge in [0.05, 0.1) is 25.3 Å². The summed E-state index contributed by atoms with van der Waals surface area (Å²) in [5, 5.41) is 0. The number of rotatable bonds is 7. The van der Waals surface area contributed by atoms with Gasteiger partial charge in [0.15, 0.2) is 17.3 Å². The van der Waals surface area contributed by atoms with E-state index in [0.717, 1.165) is 11.1 Å². The van der Waals surface area contributed by atoms with E-state index in [9.17, 15) is 9.59 Å². The predicted molar refractivity (Wildman–Crippen MR) is 115 cm³/mol. The highest BCUT2D eigenvalue weighted by atomic mass is 16.5. The Bertz CT molecular complexity index is 1100. The highest BCUT2D eigenvalue weighted by molar-refractivity contribution is 6.09. The third-order valence-corrected chi connectivity index (χ3v) is 4.44. The second-order valence-electron chi connectivity index (χ2n) is 6.57. The lowest BCUT2D eigenvalue weighted by Crippen LogP contribution is -2.11. The molecular formula is C25H22O5. The minimum atomic E-state index is -0.511. The number of para-hydroxylation sites is 1. The van der Waals surface area contributed by atoms with Crippen LogP contribution in [0.15, 0.2) is 72.8 Å².